The Kier molecular flexibility index (Phi) is 5.17. The minimum absolute atomic E-state index is 0.279. The molecule has 1 N–H and O–H groups in total. The predicted molar refractivity (Wildman–Crippen MR) is 125 cm³/mol. The van der Waals surface area contributed by atoms with Gasteiger partial charge in [0.25, 0.3) is 0 Å². The Balaban J connectivity index is 1.24. The third kappa shape index (κ3) is 3.70. The molecule has 3 aromatic heterocycles. The molecule has 32 heavy (non-hydrogen) atoms. The van der Waals surface area contributed by atoms with E-state index in [2.05, 4.69) is 32.0 Å². The highest BCUT2D eigenvalue weighted by molar-refractivity contribution is 7.17. The van der Waals surface area contributed by atoms with Crippen LogP contribution in [0.2, 0.25) is 5.02 Å². The molecule has 0 amide bonds. The lowest BCUT2D eigenvalue weighted by molar-refractivity contribution is 0.184. The molecule has 1 unspecified atom stereocenters. The van der Waals surface area contributed by atoms with E-state index in [0.29, 0.717) is 13.2 Å². The number of nitrogens with one attached hydrogen (secondary N) is 1. The number of aromatic nitrogens is 5. The molecule has 8 nitrogen and oxygen atoms in total. The van der Waals surface area contributed by atoms with Crippen LogP contribution in [-0.4, -0.2) is 44.7 Å². The van der Waals surface area contributed by atoms with Crippen LogP contribution in [0.4, 0.5) is 11.8 Å². The Morgan fingerprint density at radius 2 is 2.22 bits per heavy atom. The molecule has 10 heteroatoms. The van der Waals surface area contributed by atoms with Crippen molar-refractivity contribution in [3.05, 3.63) is 57.7 Å². The van der Waals surface area contributed by atoms with Crippen LogP contribution in [0.15, 0.2) is 35.8 Å². The molecule has 0 spiro atoms. The molecular weight excluding hydrogens is 446 g/mol. The molecule has 0 aliphatic carbocycles. The lowest BCUT2D eigenvalue weighted by Gasteiger charge is -2.29. The Labute approximate surface area is 194 Å². The summed E-state index contributed by atoms with van der Waals surface area (Å²) >= 11 is 8.03. The molecule has 6 rings (SSSR count). The van der Waals surface area contributed by atoms with Crippen molar-refractivity contribution in [1.82, 2.24) is 25.0 Å². The van der Waals surface area contributed by atoms with Crippen LogP contribution in [0.3, 0.4) is 0 Å². The first kappa shape index (κ1) is 19.9. The maximum absolute atomic E-state index is 6.39. The molecule has 164 valence electrons. The molecule has 0 bridgehead atoms. The first-order chi connectivity index (χ1) is 15.7. The SMILES string of the molecule is Clc1cccc2c1CCN(c1nc(NCc3cn(C4CCOC4)nn3)c3sccc3n1)C2. The maximum Gasteiger partial charge on any atom is 0.228 e. The van der Waals surface area contributed by atoms with Gasteiger partial charge in [-0.3, -0.25) is 0 Å². The van der Waals surface area contributed by atoms with Crippen LogP contribution < -0.4 is 10.2 Å². The molecule has 2 aliphatic rings. The largest absolute Gasteiger partial charge is 0.379 e. The van der Waals surface area contributed by atoms with E-state index >= 15 is 0 Å². The number of rotatable bonds is 5. The second kappa shape index (κ2) is 8.31. The van der Waals surface area contributed by atoms with Crippen molar-refractivity contribution in [2.24, 2.45) is 0 Å². The van der Waals surface area contributed by atoms with E-state index in [1.165, 1.54) is 11.1 Å². The highest BCUT2D eigenvalue weighted by Crippen LogP contribution is 2.32. The quantitative estimate of drug-likeness (QED) is 0.473. The van der Waals surface area contributed by atoms with Gasteiger partial charge in [-0.05, 0) is 41.5 Å². The van der Waals surface area contributed by atoms with Crippen LogP contribution in [0, 0.1) is 0 Å². The van der Waals surface area contributed by atoms with Gasteiger partial charge in [0.05, 0.1) is 35.6 Å². The summed E-state index contributed by atoms with van der Waals surface area (Å²) in [6.07, 6.45) is 3.85. The molecular formula is C22H22ClN7OS. The monoisotopic (exact) mass is 467 g/mol. The number of hydrogen-bond acceptors (Lipinski definition) is 8. The van der Waals surface area contributed by atoms with Crippen molar-refractivity contribution in [1.29, 1.82) is 0 Å². The minimum atomic E-state index is 0.279. The number of hydrogen-bond donors (Lipinski definition) is 1. The van der Waals surface area contributed by atoms with Gasteiger partial charge < -0.3 is 15.0 Å². The fraction of sp³-hybridized carbons (Fsp3) is 0.364. The van der Waals surface area contributed by atoms with E-state index in [9.17, 15) is 0 Å². The van der Waals surface area contributed by atoms with Gasteiger partial charge in [0.2, 0.25) is 5.95 Å². The molecule has 1 fully saturated rings. The lowest BCUT2D eigenvalue weighted by atomic mass is 10.00. The Morgan fingerprint density at radius 3 is 3.12 bits per heavy atom. The van der Waals surface area contributed by atoms with Crippen molar-refractivity contribution in [3.63, 3.8) is 0 Å². The zero-order valence-corrected chi connectivity index (χ0v) is 18.9. The molecule has 1 atom stereocenters. The number of anilines is 2. The summed E-state index contributed by atoms with van der Waals surface area (Å²) in [6.45, 7) is 3.62. The molecule has 0 radical (unpaired) electrons. The van der Waals surface area contributed by atoms with E-state index in [0.717, 1.165) is 65.2 Å². The highest BCUT2D eigenvalue weighted by atomic mass is 35.5. The first-order valence-corrected chi connectivity index (χ1v) is 12.0. The van der Waals surface area contributed by atoms with Crippen molar-refractivity contribution < 1.29 is 4.74 Å². The van der Waals surface area contributed by atoms with Crippen LogP contribution in [0.1, 0.15) is 29.3 Å². The summed E-state index contributed by atoms with van der Waals surface area (Å²) < 4.78 is 8.41. The summed E-state index contributed by atoms with van der Waals surface area (Å²) in [7, 11) is 0. The third-order valence-corrected chi connectivity index (χ3v) is 7.32. The third-order valence-electron chi connectivity index (χ3n) is 6.06. The summed E-state index contributed by atoms with van der Waals surface area (Å²) in [5.41, 5.74) is 4.30. The summed E-state index contributed by atoms with van der Waals surface area (Å²) in [5.74, 6) is 1.56. The zero-order valence-electron chi connectivity index (χ0n) is 17.4. The van der Waals surface area contributed by atoms with Crippen LogP contribution in [0.25, 0.3) is 10.2 Å². The predicted octanol–water partition coefficient (Wildman–Crippen LogP) is 4.07. The standard InChI is InChI=1S/C22H22ClN7OS/c23-18-3-1-2-14-11-29(7-4-17(14)18)22-25-19-6-9-32-20(19)21(26-22)24-10-15-12-30(28-27-15)16-5-8-31-13-16/h1-3,6,9,12,16H,4-5,7-8,10-11,13H2,(H,24,25,26). The number of ether oxygens (including phenoxy) is 1. The van der Waals surface area contributed by atoms with Gasteiger partial charge in [-0.1, -0.05) is 28.9 Å². The van der Waals surface area contributed by atoms with Crippen LogP contribution in [0.5, 0.6) is 0 Å². The summed E-state index contributed by atoms with van der Waals surface area (Å²) in [4.78, 5) is 11.9. The highest BCUT2D eigenvalue weighted by Gasteiger charge is 2.22. The van der Waals surface area contributed by atoms with Gasteiger partial charge in [-0.25, -0.2) is 9.67 Å². The van der Waals surface area contributed by atoms with Gasteiger partial charge >= 0.3 is 0 Å². The van der Waals surface area contributed by atoms with Crippen molar-refractivity contribution in [2.75, 3.05) is 30.0 Å². The van der Waals surface area contributed by atoms with Gasteiger partial charge in [0.1, 0.15) is 11.5 Å². The average Bonchev–Trinajstić information content (AvgIpc) is 3.58. The number of halogens is 1. The second-order valence-corrected chi connectivity index (χ2v) is 9.44. The molecule has 4 aromatic rings. The second-order valence-electron chi connectivity index (χ2n) is 8.12. The minimum Gasteiger partial charge on any atom is -0.379 e. The number of thiophene rings is 1. The fourth-order valence-electron chi connectivity index (χ4n) is 4.32. The van der Waals surface area contributed by atoms with Crippen LogP contribution in [-0.2, 0) is 24.2 Å². The molecule has 5 heterocycles. The number of fused-ring (bicyclic) bond motifs is 2. The number of benzene rings is 1. The molecule has 2 aliphatic heterocycles. The Morgan fingerprint density at radius 1 is 1.25 bits per heavy atom. The summed E-state index contributed by atoms with van der Waals surface area (Å²) in [6, 6.07) is 8.42. The summed E-state index contributed by atoms with van der Waals surface area (Å²) in [5, 5.41) is 15.0. The van der Waals surface area contributed by atoms with Gasteiger partial charge in [-0.2, -0.15) is 4.98 Å². The normalized spacial score (nSPS) is 18.3. The van der Waals surface area contributed by atoms with E-state index in [1.807, 2.05) is 29.1 Å². The van der Waals surface area contributed by atoms with E-state index < -0.39 is 0 Å². The van der Waals surface area contributed by atoms with Gasteiger partial charge in [-0.15, -0.1) is 16.4 Å². The molecule has 1 aromatic carbocycles. The topological polar surface area (TPSA) is 81.0 Å². The van der Waals surface area contributed by atoms with Crippen molar-refractivity contribution in [3.8, 4) is 0 Å². The van der Waals surface area contributed by atoms with Gasteiger partial charge in [0.15, 0.2) is 0 Å². The first-order valence-electron chi connectivity index (χ1n) is 10.7. The van der Waals surface area contributed by atoms with E-state index in [4.69, 9.17) is 26.3 Å². The number of nitrogens with zero attached hydrogens (tertiary/aromatic N) is 6. The molecule has 1 saturated heterocycles. The Bertz CT molecular complexity index is 1270. The fourth-order valence-corrected chi connectivity index (χ4v) is 5.41. The molecule has 0 saturated carbocycles. The smallest absolute Gasteiger partial charge is 0.228 e. The van der Waals surface area contributed by atoms with E-state index in [-0.39, 0.29) is 6.04 Å². The average molecular weight is 468 g/mol. The van der Waals surface area contributed by atoms with Crippen LogP contribution >= 0.6 is 22.9 Å². The van der Waals surface area contributed by atoms with E-state index in [1.54, 1.807) is 11.3 Å². The zero-order chi connectivity index (χ0) is 21.5. The lowest BCUT2D eigenvalue weighted by Crippen LogP contribution is -2.32. The van der Waals surface area contributed by atoms with Crippen molar-refractivity contribution in [2.45, 2.75) is 32.0 Å². The Hall–Kier alpha value is -2.75. The van der Waals surface area contributed by atoms with Crippen molar-refractivity contribution >= 4 is 44.9 Å². The van der Waals surface area contributed by atoms with Gasteiger partial charge in [0, 0.05) is 24.7 Å². The maximum atomic E-state index is 6.39.